The van der Waals surface area contributed by atoms with Crippen LogP contribution < -0.4 is 10.8 Å². The smallest absolute Gasteiger partial charge is 0.399 e. The fourth-order valence-corrected chi connectivity index (χ4v) is 3.46. The second kappa shape index (κ2) is 7.39. The highest BCUT2D eigenvalue weighted by molar-refractivity contribution is 6.62. The van der Waals surface area contributed by atoms with E-state index in [9.17, 15) is 0 Å². The third-order valence-electron chi connectivity index (χ3n) is 6.11. The quantitative estimate of drug-likeness (QED) is 0.832. The largest absolute Gasteiger partial charge is 0.494 e. The van der Waals surface area contributed by atoms with Gasteiger partial charge in [0.2, 0.25) is 0 Å². The van der Waals surface area contributed by atoms with Crippen LogP contribution in [0.4, 0.5) is 0 Å². The van der Waals surface area contributed by atoms with Crippen LogP contribution in [0, 0.1) is 5.92 Å². The van der Waals surface area contributed by atoms with Gasteiger partial charge in [0.05, 0.1) is 11.2 Å². The summed E-state index contributed by atoms with van der Waals surface area (Å²) in [6, 6.07) is 8.63. The van der Waals surface area contributed by atoms with Crippen molar-refractivity contribution in [2.75, 3.05) is 26.7 Å². The number of hydrogen-bond donors (Lipinski definition) is 1. The van der Waals surface area contributed by atoms with Crippen LogP contribution in [0.25, 0.3) is 0 Å². The number of hydrogen-bond acceptors (Lipinski definition) is 4. The lowest BCUT2D eigenvalue weighted by Gasteiger charge is -2.32. The number of nitrogens with zero attached hydrogens (tertiary/aromatic N) is 1. The summed E-state index contributed by atoms with van der Waals surface area (Å²) < 4.78 is 12.2. The highest BCUT2D eigenvalue weighted by atomic mass is 16.7. The van der Waals surface area contributed by atoms with E-state index in [2.05, 4.69) is 69.2 Å². The first-order valence-corrected chi connectivity index (χ1v) is 9.60. The molecule has 1 aromatic carbocycles. The van der Waals surface area contributed by atoms with Crippen LogP contribution in [-0.4, -0.2) is 49.9 Å². The first-order chi connectivity index (χ1) is 11.8. The summed E-state index contributed by atoms with van der Waals surface area (Å²) in [6.45, 7) is 12.9. The minimum absolute atomic E-state index is 0.272. The molecule has 2 aliphatic heterocycles. The molecule has 0 radical (unpaired) electrons. The molecule has 2 heterocycles. The van der Waals surface area contributed by atoms with E-state index in [0.29, 0.717) is 0 Å². The van der Waals surface area contributed by atoms with Crippen molar-refractivity contribution in [1.29, 1.82) is 0 Å². The standard InChI is InChI=1S/C20H33BN2O2/c1-19(2)20(3,4)25-21(24-19)18-8-6-16(7-9-18)14-22-15-17-10-12-23(5)13-11-17/h6-9,17,22H,10-15H2,1-5H3. The molecule has 2 fully saturated rings. The van der Waals surface area contributed by atoms with Crippen molar-refractivity contribution in [2.45, 2.75) is 58.3 Å². The van der Waals surface area contributed by atoms with Crippen molar-refractivity contribution in [3.05, 3.63) is 29.8 Å². The molecule has 0 atom stereocenters. The SMILES string of the molecule is CN1CCC(CNCc2ccc(B3OC(C)(C)C(C)(C)O3)cc2)CC1. The van der Waals surface area contributed by atoms with Gasteiger partial charge in [0, 0.05) is 6.54 Å². The van der Waals surface area contributed by atoms with E-state index in [4.69, 9.17) is 9.31 Å². The molecule has 25 heavy (non-hydrogen) atoms. The summed E-state index contributed by atoms with van der Waals surface area (Å²) in [5.41, 5.74) is 1.84. The van der Waals surface area contributed by atoms with Gasteiger partial charge in [-0.25, -0.2) is 0 Å². The van der Waals surface area contributed by atoms with Crippen molar-refractivity contribution in [1.82, 2.24) is 10.2 Å². The summed E-state index contributed by atoms with van der Waals surface area (Å²) in [7, 11) is 1.94. The van der Waals surface area contributed by atoms with Crippen molar-refractivity contribution in [3.8, 4) is 0 Å². The molecule has 0 aromatic heterocycles. The van der Waals surface area contributed by atoms with E-state index < -0.39 is 0 Å². The van der Waals surface area contributed by atoms with E-state index in [0.717, 1.165) is 24.5 Å². The van der Waals surface area contributed by atoms with Crippen molar-refractivity contribution < 1.29 is 9.31 Å². The Bertz CT molecular complexity index is 550. The van der Waals surface area contributed by atoms with Gasteiger partial charge in [-0.15, -0.1) is 0 Å². The molecule has 0 unspecified atom stereocenters. The van der Waals surface area contributed by atoms with Gasteiger partial charge in [-0.3, -0.25) is 0 Å². The molecule has 138 valence electrons. The van der Waals surface area contributed by atoms with E-state index >= 15 is 0 Å². The average Bonchev–Trinajstić information content (AvgIpc) is 2.78. The maximum absolute atomic E-state index is 6.12. The predicted octanol–water partition coefficient (Wildman–Crippen LogP) is 2.42. The summed E-state index contributed by atoms with van der Waals surface area (Å²) in [5, 5.41) is 3.62. The zero-order valence-corrected chi connectivity index (χ0v) is 16.5. The first-order valence-electron chi connectivity index (χ1n) is 9.60. The van der Waals surface area contributed by atoms with Crippen LogP contribution in [-0.2, 0) is 15.9 Å². The van der Waals surface area contributed by atoms with Crippen LogP contribution in [0.5, 0.6) is 0 Å². The molecular formula is C20H33BN2O2. The van der Waals surface area contributed by atoms with E-state index in [1.807, 2.05) is 0 Å². The van der Waals surface area contributed by atoms with Gasteiger partial charge in [0.1, 0.15) is 0 Å². The molecule has 0 bridgehead atoms. The average molecular weight is 344 g/mol. The lowest BCUT2D eigenvalue weighted by Crippen LogP contribution is -2.41. The Hall–Kier alpha value is -0.875. The number of nitrogens with one attached hydrogen (secondary N) is 1. The number of likely N-dealkylation sites (tertiary alicyclic amines) is 1. The normalized spacial score (nSPS) is 24.0. The molecule has 5 heteroatoms. The van der Waals surface area contributed by atoms with Crippen LogP contribution in [0.2, 0.25) is 0 Å². The lowest BCUT2D eigenvalue weighted by atomic mass is 9.79. The van der Waals surface area contributed by atoms with Gasteiger partial charge in [0.25, 0.3) is 0 Å². The van der Waals surface area contributed by atoms with Crippen molar-refractivity contribution in [2.24, 2.45) is 5.92 Å². The fraction of sp³-hybridized carbons (Fsp3) is 0.700. The Labute approximate surface area is 153 Å². The monoisotopic (exact) mass is 344 g/mol. The fourth-order valence-electron chi connectivity index (χ4n) is 3.46. The number of piperidine rings is 1. The second-order valence-corrected chi connectivity index (χ2v) is 8.71. The van der Waals surface area contributed by atoms with Crippen LogP contribution in [0.3, 0.4) is 0 Å². The van der Waals surface area contributed by atoms with E-state index in [1.165, 1.54) is 31.5 Å². The maximum Gasteiger partial charge on any atom is 0.494 e. The van der Waals surface area contributed by atoms with Crippen molar-refractivity contribution >= 4 is 12.6 Å². The number of rotatable bonds is 5. The summed E-state index contributed by atoms with van der Waals surface area (Å²) in [4.78, 5) is 2.42. The van der Waals surface area contributed by atoms with Gasteiger partial charge in [-0.1, -0.05) is 24.3 Å². The molecule has 0 saturated carbocycles. The molecule has 0 spiro atoms. The minimum atomic E-state index is -0.286. The van der Waals surface area contributed by atoms with Gasteiger partial charge in [-0.2, -0.15) is 0 Å². The zero-order valence-electron chi connectivity index (χ0n) is 16.5. The Balaban J connectivity index is 1.48. The van der Waals surface area contributed by atoms with Crippen LogP contribution >= 0.6 is 0 Å². The molecule has 0 aliphatic carbocycles. The molecule has 1 aromatic rings. The highest BCUT2D eigenvalue weighted by Gasteiger charge is 2.51. The van der Waals surface area contributed by atoms with E-state index in [1.54, 1.807) is 0 Å². The second-order valence-electron chi connectivity index (χ2n) is 8.71. The van der Waals surface area contributed by atoms with E-state index in [-0.39, 0.29) is 18.3 Å². The molecule has 4 nitrogen and oxygen atoms in total. The lowest BCUT2D eigenvalue weighted by molar-refractivity contribution is 0.00578. The van der Waals surface area contributed by atoms with Crippen molar-refractivity contribution in [3.63, 3.8) is 0 Å². The molecule has 2 aliphatic rings. The summed E-state index contributed by atoms with van der Waals surface area (Å²) >= 11 is 0. The molecule has 2 saturated heterocycles. The Kier molecular flexibility index (Phi) is 5.59. The zero-order chi connectivity index (χ0) is 18.1. The van der Waals surface area contributed by atoms with Gasteiger partial charge >= 0.3 is 7.12 Å². The predicted molar refractivity (Wildman–Crippen MR) is 104 cm³/mol. The van der Waals surface area contributed by atoms with Gasteiger partial charge in [-0.05, 0) is 84.2 Å². The Morgan fingerprint density at radius 2 is 1.60 bits per heavy atom. The third kappa shape index (κ3) is 4.46. The molecular weight excluding hydrogens is 311 g/mol. The Morgan fingerprint density at radius 3 is 2.16 bits per heavy atom. The van der Waals surface area contributed by atoms with Crippen LogP contribution in [0.15, 0.2) is 24.3 Å². The Morgan fingerprint density at radius 1 is 1.04 bits per heavy atom. The van der Waals surface area contributed by atoms with Crippen LogP contribution in [0.1, 0.15) is 46.1 Å². The topological polar surface area (TPSA) is 33.7 Å². The summed E-state index contributed by atoms with van der Waals surface area (Å²) in [6.07, 6.45) is 2.62. The molecule has 1 N–H and O–H groups in total. The highest BCUT2D eigenvalue weighted by Crippen LogP contribution is 2.36. The molecule has 3 rings (SSSR count). The third-order valence-corrected chi connectivity index (χ3v) is 6.11. The minimum Gasteiger partial charge on any atom is -0.399 e. The number of benzene rings is 1. The maximum atomic E-state index is 6.12. The summed E-state index contributed by atoms with van der Waals surface area (Å²) in [5.74, 6) is 0.820. The van der Waals surface area contributed by atoms with Gasteiger partial charge < -0.3 is 19.5 Å². The van der Waals surface area contributed by atoms with Gasteiger partial charge in [0.15, 0.2) is 0 Å². The first kappa shape index (κ1) is 18.9. The molecule has 0 amide bonds.